The number of benzene rings is 1. The Morgan fingerprint density at radius 3 is 2.39 bits per heavy atom. The van der Waals surface area contributed by atoms with E-state index in [1.165, 1.54) is 0 Å². The molecule has 0 bridgehead atoms. The highest BCUT2D eigenvalue weighted by Gasteiger charge is 2.49. The molecule has 1 aliphatic rings. The van der Waals surface area contributed by atoms with E-state index in [4.69, 9.17) is 18.6 Å². The molecular formula is C23H37NO6Si. The van der Waals surface area contributed by atoms with E-state index >= 15 is 0 Å². The molecule has 0 saturated carbocycles. The molecule has 1 fully saturated rings. The number of ether oxygens (including phenoxy) is 3. The summed E-state index contributed by atoms with van der Waals surface area (Å²) < 4.78 is 23.8. The SMILES string of the molecule is C[C@H](O[Si](C)(C)C(C)(C)C)[C@@H]1OC(C)(C)O[C@@H](C=O)[C@@H]1NC(=O)OCc1ccccc1. The second-order valence-corrected chi connectivity index (χ2v) is 14.8. The molecular weight excluding hydrogens is 414 g/mol. The van der Waals surface area contributed by atoms with Crippen molar-refractivity contribution in [1.82, 2.24) is 5.32 Å². The molecule has 8 heteroatoms. The van der Waals surface area contributed by atoms with Gasteiger partial charge < -0.3 is 28.7 Å². The molecule has 1 aliphatic heterocycles. The van der Waals surface area contributed by atoms with E-state index < -0.39 is 38.4 Å². The molecule has 0 radical (unpaired) electrons. The largest absolute Gasteiger partial charge is 0.445 e. The fourth-order valence-electron chi connectivity index (χ4n) is 3.29. The van der Waals surface area contributed by atoms with Crippen LogP contribution in [0.2, 0.25) is 18.1 Å². The first kappa shape index (κ1) is 25.5. The van der Waals surface area contributed by atoms with E-state index in [9.17, 15) is 9.59 Å². The summed E-state index contributed by atoms with van der Waals surface area (Å²) in [4.78, 5) is 24.4. The highest BCUT2D eigenvalue weighted by atomic mass is 28.4. The zero-order valence-electron chi connectivity index (χ0n) is 19.9. The average Bonchev–Trinajstić information content (AvgIpc) is 2.66. The second-order valence-electron chi connectivity index (χ2n) is 10.0. The maximum Gasteiger partial charge on any atom is 0.407 e. The summed E-state index contributed by atoms with van der Waals surface area (Å²) in [5.41, 5.74) is 0.869. The average molecular weight is 452 g/mol. The van der Waals surface area contributed by atoms with E-state index in [-0.39, 0.29) is 17.7 Å². The zero-order chi connectivity index (χ0) is 23.4. The van der Waals surface area contributed by atoms with Crippen LogP contribution in [0.25, 0.3) is 0 Å². The van der Waals surface area contributed by atoms with Crippen molar-refractivity contribution in [2.75, 3.05) is 0 Å². The van der Waals surface area contributed by atoms with Gasteiger partial charge in [-0.2, -0.15) is 0 Å². The van der Waals surface area contributed by atoms with Gasteiger partial charge >= 0.3 is 6.09 Å². The van der Waals surface area contributed by atoms with Crippen LogP contribution in [0.1, 0.15) is 47.1 Å². The molecule has 2 rings (SSSR count). The summed E-state index contributed by atoms with van der Waals surface area (Å²) in [5, 5.41) is 2.78. The van der Waals surface area contributed by atoms with Gasteiger partial charge in [-0.1, -0.05) is 51.1 Å². The normalized spacial score (nSPS) is 24.8. The molecule has 1 aromatic rings. The van der Waals surface area contributed by atoms with Crippen molar-refractivity contribution >= 4 is 20.7 Å². The lowest BCUT2D eigenvalue weighted by molar-refractivity contribution is -0.310. The highest BCUT2D eigenvalue weighted by Crippen LogP contribution is 2.39. The van der Waals surface area contributed by atoms with Gasteiger partial charge in [-0.3, -0.25) is 0 Å². The number of nitrogens with one attached hydrogen (secondary N) is 1. The number of alkyl carbamates (subject to hydrolysis) is 1. The van der Waals surface area contributed by atoms with Crippen LogP contribution in [-0.4, -0.2) is 50.8 Å². The van der Waals surface area contributed by atoms with Crippen LogP contribution in [0.5, 0.6) is 0 Å². The fourth-order valence-corrected chi connectivity index (χ4v) is 4.71. The van der Waals surface area contributed by atoms with E-state index in [0.29, 0.717) is 6.29 Å². The van der Waals surface area contributed by atoms with Gasteiger partial charge in [0.1, 0.15) is 18.8 Å². The molecule has 1 heterocycles. The summed E-state index contributed by atoms with van der Waals surface area (Å²) in [6.45, 7) is 16.3. The standard InChI is InChI=1S/C23H37NO6Si/c1-16(30-31(7,8)22(2,3)4)20-19(18(14-25)28-23(5,6)29-20)24-21(26)27-15-17-12-10-9-11-13-17/h9-14,16,18-20H,15H2,1-8H3,(H,24,26)/t16-,18-,19-,20-/m0/s1. The second kappa shape index (κ2) is 9.81. The molecule has 0 spiro atoms. The Morgan fingerprint density at radius 2 is 1.84 bits per heavy atom. The summed E-state index contributed by atoms with van der Waals surface area (Å²) in [5.74, 6) is -0.993. The Balaban J connectivity index is 2.16. The van der Waals surface area contributed by atoms with Crippen molar-refractivity contribution in [3.63, 3.8) is 0 Å². The Kier molecular flexibility index (Phi) is 8.08. The number of hydrogen-bond donors (Lipinski definition) is 1. The zero-order valence-corrected chi connectivity index (χ0v) is 20.9. The van der Waals surface area contributed by atoms with Gasteiger partial charge in [0.25, 0.3) is 0 Å². The molecule has 1 amide bonds. The van der Waals surface area contributed by atoms with Crippen molar-refractivity contribution in [1.29, 1.82) is 0 Å². The van der Waals surface area contributed by atoms with E-state index in [0.717, 1.165) is 5.56 Å². The van der Waals surface area contributed by atoms with Gasteiger partial charge in [0, 0.05) is 0 Å². The predicted molar refractivity (Wildman–Crippen MR) is 121 cm³/mol. The number of rotatable bonds is 7. The summed E-state index contributed by atoms with van der Waals surface area (Å²) in [6.07, 6.45) is -1.79. The van der Waals surface area contributed by atoms with Gasteiger partial charge in [0.2, 0.25) is 0 Å². The first-order valence-corrected chi connectivity index (χ1v) is 13.6. The van der Waals surface area contributed by atoms with Gasteiger partial charge in [-0.15, -0.1) is 0 Å². The molecule has 1 aromatic carbocycles. The van der Waals surface area contributed by atoms with Crippen LogP contribution < -0.4 is 5.32 Å². The van der Waals surface area contributed by atoms with Gasteiger partial charge in [0.05, 0.1) is 12.1 Å². The minimum atomic E-state index is -2.11. The van der Waals surface area contributed by atoms with E-state index in [1.807, 2.05) is 37.3 Å². The number of carbonyl (C=O) groups excluding carboxylic acids is 2. The Labute approximate surface area is 186 Å². The van der Waals surface area contributed by atoms with Crippen LogP contribution in [0.15, 0.2) is 30.3 Å². The quantitative estimate of drug-likeness (QED) is 0.488. The Hall–Kier alpha value is -1.74. The lowest BCUT2D eigenvalue weighted by Crippen LogP contribution is -2.65. The first-order chi connectivity index (χ1) is 14.3. The van der Waals surface area contributed by atoms with Crippen molar-refractivity contribution in [2.24, 2.45) is 0 Å². The molecule has 174 valence electrons. The van der Waals surface area contributed by atoms with E-state index in [2.05, 4.69) is 39.2 Å². The van der Waals surface area contributed by atoms with Crippen LogP contribution in [-0.2, 0) is 30.0 Å². The topological polar surface area (TPSA) is 83.1 Å². The van der Waals surface area contributed by atoms with Crippen molar-refractivity contribution in [3.05, 3.63) is 35.9 Å². The number of aldehydes is 1. The van der Waals surface area contributed by atoms with Crippen molar-refractivity contribution in [2.45, 2.75) is 96.4 Å². The molecule has 0 unspecified atom stereocenters. The van der Waals surface area contributed by atoms with Gasteiger partial charge in [-0.25, -0.2) is 4.79 Å². The van der Waals surface area contributed by atoms with Crippen LogP contribution in [0.4, 0.5) is 4.79 Å². The third-order valence-electron chi connectivity index (χ3n) is 5.93. The number of hydrogen-bond acceptors (Lipinski definition) is 6. The van der Waals surface area contributed by atoms with Gasteiger partial charge in [0.15, 0.2) is 20.4 Å². The molecule has 4 atom stereocenters. The molecule has 31 heavy (non-hydrogen) atoms. The molecule has 0 aromatic heterocycles. The summed E-state index contributed by atoms with van der Waals surface area (Å²) in [6, 6.07) is 8.64. The van der Waals surface area contributed by atoms with Crippen LogP contribution >= 0.6 is 0 Å². The van der Waals surface area contributed by atoms with Crippen LogP contribution in [0.3, 0.4) is 0 Å². The monoisotopic (exact) mass is 451 g/mol. The smallest absolute Gasteiger partial charge is 0.407 e. The third kappa shape index (κ3) is 6.87. The third-order valence-corrected chi connectivity index (χ3v) is 10.5. The minimum absolute atomic E-state index is 0.00352. The molecule has 0 aliphatic carbocycles. The van der Waals surface area contributed by atoms with Crippen molar-refractivity contribution in [3.8, 4) is 0 Å². The predicted octanol–water partition coefficient (Wildman–Crippen LogP) is 4.41. The lowest BCUT2D eigenvalue weighted by Gasteiger charge is -2.48. The molecule has 1 saturated heterocycles. The molecule has 7 nitrogen and oxygen atoms in total. The van der Waals surface area contributed by atoms with E-state index in [1.54, 1.807) is 13.8 Å². The molecule has 1 N–H and O–H groups in total. The summed E-state index contributed by atoms with van der Waals surface area (Å²) in [7, 11) is -2.11. The lowest BCUT2D eigenvalue weighted by atomic mass is 9.98. The maximum absolute atomic E-state index is 12.5. The number of amides is 1. The number of carbonyl (C=O) groups is 2. The van der Waals surface area contributed by atoms with Gasteiger partial charge in [-0.05, 0) is 44.5 Å². The minimum Gasteiger partial charge on any atom is -0.445 e. The van der Waals surface area contributed by atoms with Crippen LogP contribution in [0, 0.1) is 0 Å². The fraction of sp³-hybridized carbons (Fsp3) is 0.652. The maximum atomic E-state index is 12.5. The Bertz CT molecular complexity index is 746. The van der Waals surface area contributed by atoms with Crippen molar-refractivity contribution < 1.29 is 28.2 Å². The highest BCUT2D eigenvalue weighted by molar-refractivity contribution is 6.74. The first-order valence-electron chi connectivity index (χ1n) is 10.7. The summed E-state index contributed by atoms with van der Waals surface area (Å²) >= 11 is 0. The Morgan fingerprint density at radius 1 is 1.23 bits per heavy atom.